The minimum absolute atomic E-state index is 0.150. The topological polar surface area (TPSA) is 91.7 Å². The van der Waals surface area contributed by atoms with Gasteiger partial charge in [-0.2, -0.15) is 5.26 Å². The molecule has 0 saturated carbocycles. The molecule has 2 aromatic carbocycles. The summed E-state index contributed by atoms with van der Waals surface area (Å²) in [6.45, 7) is 1.05. The molecule has 0 aliphatic carbocycles. The molecule has 2 aliphatic rings. The Morgan fingerprint density at radius 2 is 1.93 bits per heavy atom. The zero-order valence-electron chi connectivity index (χ0n) is 15.2. The summed E-state index contributed by atoms with van der Waals surface area (Å²) in [7, 11) is 0. The lowest BCUT2D eigenvalue weighted by Gasteiger charge is -2.24. The first-order valence-corrected chi connectivity index (χ1v) is 9.13. The molecule has 2 aromatic rings. The Morgan fingerprint density at radius 3 is 2.71 bits per heavy atom. The Balaban J connectivity index is 1.41. The summed E-state index contributed by atoms with van der Waals surface area (Å²) in [4.78, 5) is 27.2. The van der Waals surface area contributed by atoms with Crippen LogP contribution in [0.3, 0.4) is 0 Å². The SMILES string of the molecule is N#Cc1ccc(CNC(=O)[C@@H]2CCCN2C(=O)c2ccc3c(c2)OCO3)cc1. The number of nitriles is 1. The maximum atomic E-state index is 12.9. The number of nitrogens with zero attached hydrogens (tertiary/aromatic N) is 2. The Kier molecular flexibility index (Phi) is 4.85. The van der Waals surface area contributed by atoms with Crippen molar-refractivity contribution in [1.29, 1.82) is 5.26 Å². The van der Waals surface area contributed by atoms with E-state index in [2.05, 4.69) is 11.4 Å². The molecule has 0 radical (unpaired) electrons. The van der Waals surface area contributed by atoms with Gasteiger partial charge in [0.15, 0.2) is 11.5 Å². The summed E-state index contributed by atoms with van der Waals surface area (Å²) in [5.41, 5.74) is 1.96. The van der Waals surface area contributed by atoms with Gasteiger partial charge in [0.1, 0.15) is 6.04 Å². The van der Waals surface area contributed by atoms with Crippen LogP contribution in [0.4, 0.5) is 0 Å². The standard InChI is InChI=1S/C21H19N3O4/c22-11-14-3-5-15(6-4-14)12-23-20(25)17-2-1-9-24(17)21(26)16-7-8-18-19(10-16)28-13-27-18/h3-8,10,17H,1-2,9,12-13H2,(H,23,25)/t17-/m0/s1. The fourth-order valence-electron chi connectivity index (χ4n) is 3.48. The van der Waals surface area contributed by atoms with Gasteiger partial charge in [0.25, 0.3) is 5.91 Å². The molecule has 1 atom stereocenters. The number of carbonyl (C=O) groups excluding carboxylic acids is 2. The van der Waals surface area contributed by atoms with Gasteiger partial charge >= 0.3 is 0 Å². The largest absolute Gasteiger partial charge is 0.454 e. The van der Waals surface area contributed by atoms with Gasteiger partial charge in [-0.15, -0.1) is 0 Å². The summed E-state index contributed by atoms with van der Waals surface area (Å²) < 4.78 is 10.6. The van der Waals surface area contributed by atoms with Crippen LogP contribution in [0, 0.1) is 11.3 Å². The van der Waals surface area contributed by atoms with Gasteiger partial charge in [-0.05, 0) is 48.7 Å². The van der Waals surface area contributed by atoms with Gasteiger partial charge in [-0.3, -0.25) is 9.59 Å². The second kappa shape index (κ2) is 7.61. The van der Waals surface area contributed by atoms with Crippen molar-refractivity contribution < 1.29 is 19.1 Å². The highest BCUT2D eigenvalue weighted by Crippen LogP contribution is 2.33. The van der Waals surface area contributed by atoms with Crippen molar-refractivity contribution in [3.05, 3.63) is 59.2 Å². The van der Waals surface area contributed by atoms with E-state index >= 15 is 0 Å². The molecule has 7 nitrogen and oxygen atoms in total. The summed E-state index contributed by atoms with van der Waals surface area (Å²) in [6.07, 6.45) is 1.42. The van der Waals surface area contributed by atoms with Crippen LogP contribution in [0.2, 0.25) is 0 Å². The van der Waals surface area contributed by atoms with Gasteiger partial charge in [0, 0.05) is 18.7 Å². The number of amides is 2. The third-order valence-electron chi connectivity index (χ3n) is 4.99. The van der Waals surface area contributed by atoms with Gasteiger partial charge in [0.05, 0.1) is 11.6 Å². The fourth-order valence-corrected chi connectivity index (χ4v) is 3.48. The molecule has 2 heterocycles. The lowest BCUT2D eigenvalue weighted by atomic mass is 10.1. The molecule has 0 aromatic heterocycles. The van der Waals surface area contributed by atoms with E-state index in [1.165, 1.54) is 0 Å². The molecule has 142 valence electrons. The Morgan fingerprint density at radius 1 is 1.14 bits per heavy atom. The number of hydrogen-bond acceptors (Lipinski definition) is 5. The Bertz CT molecular complexity index is 949. The first-order valence-electron chi connectivity index (χ1n) is 9.13. The van der Waals surface area contributed by atoms with Crippen molar-refractivity contribution in [2.24, 2.45) is 0 Å². The molecular weight excluding hydrogens is 358 g/mol. The molecule has 2 amide bonds. The highest BCUT2D eigenvalue weighted by molar-refractivity contribution is 5.98. The molecule has 1 saturated heterocycles. The van der Waals surface area contributed by atoms with Crippen LogP contribution < -0.4 is 14.8 Å². The van der Waals surface area contributed by atoms with E-state index in [1.54, 1.807) is 35.2 Å². The third kappa shape index (κ3) is 3.49. The molecule has 7 heteroatoms. The normalized spacial score (nSPS) is 17.2. The van der Waals surface area contributed by atoms with Crippen molar-refractivity contribution in [1.82, 2.24) is 10.2 Å². The lowest BCUT2D eigenvalue weighted by Crippen LogP contribution is -2.45. The van der Waals surface area contributed by atoms with Crippen molar-refractivity contribution in [2.75, 3.05) is 13.3 Å². The number of likely N-dealkylation sites (tertiary alicyclic amines) is 1. The molecule has 4 rings (SSSR count). The number of carbonyl (C=O) groups is 2. The summed E-state index contributed by atoms with van der Waals surface area (Å²) in [5.74, 6) is 0.812. The van der Waals surface area contributed by atoms with E-state index in [0.717, 1.165) is 12.0 Å². The molecule has 28 heavy (non-hydrogen) atoms. The zero-order chi connectivity index (χ0) is 19.5. The smallest absolute Gasteiger partial charge is 0.254 e. The highest BCUT2D eigenvalue weighted by Gasteiger charge is 2.34. The fraction of sp³-hybridized carbons (Fsp3) is 0.286. The Labute approximate surface area is 162 Å². The summed E-state index contributed by atoms with van der Waals surface area (Å²) >= 11 is 0. The Hall–Kier alpha value is -3.53. The summed E-state index contributed by atoms with van der Waals surface area (Å²) in [6, 6.07) is 13.7. The number of rotatable bonds is 4. The van der Waals surface area contributed by atoms with Crippen molar-refractivity contribution in [2.45, 2.75) is 25.4 Å². The van der Waals surface area contributed by atoms with Gasteiger partial charge < -0.3 is 19.7 Å². The molecular formula is C21H19N3O4. The van der Waals surface area contributed by atoms with E-state index in [1.807, 2.05) is 12.1 Å². The highest BCUT2D eigenvalue weighted by atomic mass is 16.7. The maximum absolute atomic E-state index is 12.9. The monoisotopic (exact) mass is 377 g/mol. The van der Waals surface area contributed by atoms with Crippen LogP contribution in [0.5, 0.6) is 11.5 Å². The summed E-state index contributed by atoms with van der Waals surface area (Å²) in [5, 5.41) is 11.7. The van der Waals surface area contributed by atoms with Crippen LogP contribution in [-0.2, 0) is 11.3 Å². The van der Waals surface area contributed by atoms with E-state index in [4.69, 9.17) is 14.7 Å². The van der Waals surface area contributed by atoms with Gasteiger partial charge in [-0.25, -0.2) is 0 Å². The van der Waals surface area contributed by atoms with Crippen molar-refractivity contribution in [3.8, 4) is 17.6 Å². The van der Waals surface area contributed by atoms with Crippen LogP contribution in [0.1, 0.15) is 34.3 Å². The number of fused-ring (bicyclic) bond motifs is 1. The molecule has 1 N–H and O–H groups in total. The van der Waals surface area contributed by atoms with E-state index in [-0.39, 0.29) is 18.6 Å². The first-order chi connectivity index (χ1) is 13.7. The molecule has 0 spiro atoms. The number of benzene rings is 2. The molecule has 2 aliphatic heterocycles. The minimum atomic E-state index is -0.490. The predicted octanol–water partition coefficient (Wildman–Crippen LogP) is 2.21. The second-order valence-electron chi connectivity index (χ2n) is 6.75. The van der Waals surface area contributed by atoms with E-state index < -0.39 is 6.04 Å². The average molecular weight is 377 g/mol. The van der Waals surface area contributed by atoms with Gasteiger partial charge in [-0.1, -0.05) is 12.1 Å². The average Bonchev–Trinajstić information content (AvgIpc) is 3.40. The number of nitrogens with one attached hydrogen (secondary N) is 1. The van der Waals surface area contributed by atoms with Crippen molar-refractivity contribution >= 4 is 11.8 Å². The zero-order valence-corrected chi connectivity index (χ0v) is 15.2. The van der Waals surface area contributed by atoms with Crippen LogP contribution in [-0.4, -0.2) is 36.1 Å². The molecule has 0 unspecified atom stereocenters. The van der Waals surface area contributed by atoms with E-state index in [0.29, 0.717) is 42.1 Å². The molecule has 1 fully saturated rings. The van der Waals surface area contributed by atoms with Crippen LogP contribution in [0.25, 0.3) is 0 Å². The van der Waals surface area contributed by atoms with Crippen LogP contribution >= 0.6 is 0 Å². The van der Waals surface area contributed by atoms with Gasteiger partial charge in [0.2, 0.25) is 12.7 Å². The lowest BCUT2D eigenvalue weighted by molar-refractivity contribution is -0.125. The quantitative estimate of drug-likeness (QED) is 0.882. The predicted molar refractivity (Wildman–Crippen MR) is 99.6 cm³/mol. The maximum Gasteiger partial charge on any atom is 0.254 e. The minimum Gasteiger partial charge on any atom is -0.454 e. The van der Waals surface area contributed by atoms with Crippen molar-refractivity contribution in [3.63, 3.8) is 0 Å². The number of ether oxygens (including phenoxy) is 2. The first kappa shape index (κ1) is 17.9. The second-order valence-corrected chi connectivity index (χ2v) is 6.75. The third-order valence-corrected chi connectivity index (χ3v) is 4.99. The molecule has 0 bridgehead atoms. The van der Waals surface area contributed by atoms with E-state index in [9.17, 15) is 9.59 Å². The number of hydrogen-bond donors (Lipinski definition) is 1. The van der Waals surface area contributed by atoms with Crippen LogP contribution in [0.15, 0.2) is 42.5 Å².